The van der Waals surface area contributed by atoms with Crippen LogP contribution >= 0.6 is 0 Å². The maximum Gasteiger partial charge on any atom is 0.119 e. The van der Waals surface area contributed by atoms with E-state index in [0.29, 0.717) is 6.61 Å². The molecule has 1 atom stereocenters. The molecular weight excluding hydrogens is 228 g/mol. The number of hydrogen-bond acceptors (Lipinski definition) is 4. The second kappa shape index (κ2) is 7.03. The predicted octanol–water partition coefficient (Wildman–Crippen LogP) is 1.98. The molecule has 0 bridgehead atoms. The maximum absolute atomic E-state index is 5.67. The Hall–Kier alpha value is -1.52. The molecule has 1 aromatic rings. The van der Waals surface area contributed by atoms with Crippen LogP contribution in [-0.4, -0.2) is 19.3 Å². The summed E-state index contributed by atoms with van der Waals surface area (Å²) in [5.41, 5.74) is 4.05. The van der Waals surface area contributed by atoms with Gasteiger partial charge in [-0.05, 0) is 30.5 Å². The molecule has 1 aliphatic heterocycles. The molecular formula is C14H20N2O2. The van der Waals surface area contributed by atoms with Crippen LogP contribution in [0.4, 0.5) is 0 Å². The summed E-state index contributed by atoms with van der Waals surface area (Å²) in [6.07, 6.45) is 4.76. The maximum atomic E-state index is 5.67. The van der Waals surface area contributed by atoms with Crippen molar-refractivity contribution in [1.29, 1.82) is 0 Å². The summed E-state index contributed by atoms with van der Waals surface area (Å²) < 4.78 is 11.0. The van der Waals surface area contributed by atoms with Gasteiger partial charge in [0.1, 0.15) is 5.75 Å². The number of rotatable bonds is 6. The summed E-state index contributed by atoms with van der Waals surface area (Å²) in [6, 6.07) is 9.94. The standard InChI is InChI=1S/C14H20N2O2/c15-16-14(12-5-4-9-17-11-12)8-10-18-13-6-2-1-3-7-13/h1-3,6-7,11,14,16H,4-5,8-10,15H2. The van der Waals surface area contributed by atoms with Crippen molar-refractivity contribution in [3.8, 4) is 5.75 Å². The average Bonchev–Trinajstić information content (AvgIpc) is 2.46. The van der Waals surface area contributed by atoms with Crippen LogP contribution in [0.5, 0.6) is 5.75 Å². The Kier molecular flexibility index (Phi) is 5.05. The smallest absolute Gasteiger partial charge is 0.119 e. The summed E-state index contributed by atoms with van der Waals surface area (Å²) in [5, 5.41) is 0. The number of hydrogen-bond donors (Lipinski definition) is 2. The van der Waals surface area contributed by atoms with Crippen LogP contribution in [0.1, 0.15) is 19.3 Å². The molecule has 1 aromatic carbocycles. The normalized spacial score (nSPS) is 16.6. The molecule has 0 radical (unpaired) electrons. The van der Waals surface area contributed by atoms with Crippen molar-refractivity contribution < 1.29 is 9.47 Å². The van der Waals surface area contributed by atoms with Crippen molar-refractivity contribution in [2.24, 2.45) is 5.84 Å². The van der Waals surface area contributed by atoms with E-state index in [1.165, 1.54) is 5.57 Å². The zero-order chi connectivity index (χ0) is 12.6. The number of ether oxygens (including phenoxy) is 2. The molecule has 0 fully saturated rings. The lowest BCUT2D eigenvalue weighted by atomic mass is 10.0. The second-order valence-corrected chi connectivity index (χ2v) is 4.34. The lowest BCUT2D eigenvalue weighted by Gasteiger charge is -2.22. The monoisotopic (exact) mass is 248 g/mol. The third-order valence-electron chi connectivity index (χ3n) is 3.03. The summed E-state index contributed by atoms with van der Waals surface area (Å²) in [7, 11) is 0. The number of nitrogens with one attached hydrogen (secondary N) is 1. The van der Waals surface area contributed by atoms with Crippen LogP contribution in [0.2, 0.25) is 0 Å². The van der Waals surface area contributed by atoms with Gasteiger partial charge in [0.15, 0.2) is 0 Å². The Morgan fingerprint density at radius 1 is 1.33 bits per heavy atom. The van der Waals surface area contributed by atoms with E-state index >= 15 is 0 Å². The minimum absolute atomic E-state index is 0.133. The molecule has 98 valence electrons. The molecule has 4 nitrogen and oxygen atoms in total. The van der Waals surface area contributed by atoms with Crippen molar-refractivity contribution in [1.82, 2.24) is 5.43 Å². The molecule has 0 aliphatic carbocycles. The summed E-state index contributed by atoms with van der Waals surface area (Å²) >= 11 is 0. The van der Waals surface area contributed by atoms with Crippen molar-refractivity contribution in [2.75, 3.05) is 13.2 Å². The van der Waals surface area contributed by atoms with Crippen LogP contribution < -0.4 is 16.0 Å². The number of para-hydroxylation sites is 1. The predicted molar refractivity (Wildman–Crippen MR) is 70.9 cm³/mol. The van der Waals surface area contributed by atoms with Gasteiger partial charge >= 0.3 is 0 Å². The first kappa shape index (κ1) is 12.9. The van der Waals surface area contributed by atoms with Crippen molar-refractivity contribution in [2.45, 2.75) is 25.3 Å². The Morgan fingerprint density at radius 3 is 2.83 bits per heavy atom. The Balaban J connectivity index is 1.79. The van der Waals surface area contributed by atoms with E-state index in [1.54, 1.807) is 0 Å². The number of benzene rings is 1. The van der Waals surface area contributed by atoms with E-state index < -0.39 is 0 Å². The number of nitrogens with two attached hydrogens (primary N) is 1. The third kappa shape index (κ3) is 3.75. The quantitative estimate of drug-likeness (QED) is 0.597. The van der Waals surface area contributed by atoms with E-state index in [9.17, 15) is 0 Å². The molecule has 1 aliphatic rings. The van der Waals surface area contributed by atoms with Crippen LogP contribution in [0, 0.1) is 0 Å². The highest BCUT2D eigenvalue weighted by Gasteiger charge is 2.15. The van der Waals surface area contributed by atoms with Crippen LogP contribution in [0.15, 0.2) is 42.2 Å². The van der Waals surface area contributed by atoms with E-state index in [-0.39, 0.29) is 6.04 Å². The van der Waals surface area contributed by atoms with Gasteiger partial charge in [0.2, 0.25) is 0 Å². The first-order chi connectivity index (χ1) is 8.90. The SMILES string of the molecule is NNC(CCOc1ccccc1)C1=COCCC1. The van der Waals surface area contributed by atoms with E-state index in [0.717, 1.165) is 31.6 Å². The third-order valence-corrected chi connectivity index (χ3v) is 3.03. The van der Waals surface area contributed by atoms with Crippen LogP contribution in [0.25, 0.3) is 0 Å². The van der Waals surface area contributed by atoms with Gasteiger partial charge in [-0.3, -0.25) is 11.3 Å². The topological polar surface area (TPSA) is 56.5 Å². The first-order valence-electron chi connectivity index (χ1n) is 6.34. The van der Waals surface area contributed by atoms with E-state index in [2.05, 4.69) is 5.43 Å². The van der Waals surface area contributed by atoms with Gasteiger partial charge in [0.05, 0.1) is 19.5 Å². The molecule has 4 heteroatoms. The highest BCUT2D eigenvalue weighted by Crippen LogP contribution is 2.18. The highest BCUT2D eigenvalue weighted by atomic mass is 16.5. The lowest BCUT2D eigenvalue weighted by Crippen LogP contribution is -2.38. The van der Waals surface area contributed by atoms with Gasteiger partial charge in [-0.25, -0.2) is 0 Å². The van der Waals surface area contributed by atoms with E-state index in [1.807, 2.05) is 36.6 Å². The van der Waals surface area contributed by atoms with Crippen molar-refractivity contribution >= 4 is 0 Å². The minimum Gasteiger partial charge on any atom is -0.501 e. The molecule has 0 saturated carbocycles. The summed E-state index contributed by atoms with van der Waals surface area (Å²) in [6.45, 7) is 1.44. The Morgan fingerprint density at radius 2 is 2.17 bits per heavy atom. The van der Waals surface area contributed by atoms with Crippen LogP contribution in [0.3, 0.4) is 0 Å². The van der Waals surface area contributed by atoms with Gasteiger partial charge in [-0.1, -0.05) is 18.2 Å². The zero-order valence-corrected chi connectivity index (χ0v) is 10.5. The highest BCUT2D eigenvalue weighted by molar-refractivity contribution is 5.21. The van der Waals surface area contributed by atoms with Crippen molar-refractivity contribution in [3.63, 3.8) is 0 Å². The van der Waals surface area contributed by atoms with Crippen LogP contribution in [-0.2, 0) is 4.74 Å². The van der Waals surface area contributed by atoms with Gasteiger partial charge in [-0.15, -0.1) is 0 Å². The summed E-state index contributed by atoms with van der Waals surface area (Å²) in [5.74, 6) is 6.47. The number of hydrazine groups is 1. The summed E-state index contributed by atoms with van der Waals surface area (Å²) in [4.78, 5) is 0. The Bertz CT molecular complexity index is 379. The molecule has 0 spiro atoms. The average molecular weight is 248 g/mol. The van der Waals surface area contributed by atoms with Gasteiger partial charge in [-0.2, -0.15) is 0 Å². The second-order valence-electron chi connectivity index (χ2n) is 4.34. The fourth-order valence-corrected chi connectivity index (χ4v) is 2.03. The fourth-order valence-electron chi connectivity index (χ4n) is 2.03. The molecule has 1 unspecified atom stereocenters. The first-order valence-corrected chi connectivity index (χ1v) is 6.34. The molecule has 3 N–H and O–H groups in total. The molecule has 0 amide bonds. The fraction of sp³-hybridized carbons (Fsp3) is 0.429. The largest absolute Gasteiger partial charge is 0.501 e. The van der Waals surface area contributed by atoms with Crippen molar-refractivity contribution in [3.05, 3.63) is 42.2 Å². The van der Waals surface area contributed by atoms with Gasteiger partial charge in [0, 0.05) is 12.5 Å². The minimum atomic E-state index is 0.133. The van der Waals surface area contributed by atoms with Gasteiger partial charge < -0.3 is 9.47 Å². The molecule has 0 aromatic heterocycles. The molecule has 1 heterocycles. The molecule has 2 rings (SSSR count). The Labute approximate surface area is 108 Å². The lowest BCUT2D eigenvalue weighted by molar-refractivity contribution is 0.215. The van der Waals surface area contributed by atoms with E-state index in [4.69, 9.17) is 15.3 Å². The van der Waals surface area contributed by atoms with Gasteiger partial charge in [0.25, 0.3) is 0 Å². The zero-order valence-electron chi connectivity index (χ0n) is 10.5. The molecule has 18 heavy (non-hydrogen) atoms. The molecule has 0 saturated heterocycles.